The molecule has 57 heavy (non-hydrogen) atoms. The van der Waals surface area contributed by atoms with Crippen LogP contribution in [0.3, 0.4) is 0 Å². The number of fused-ring (bicyclic) bond motifs is 6. The van der Waals surface area contributed by atoms with E-state index in [1.165, 1.54) is 10.6 Å². The van der Waals surface area contributed by atoms with Crippen molar-refractivity contribution < 1.29 is 15.1 Å². The predicted molar refractivity (Wildman–Crippen MR) is 238 cm³/mol. The van der Waals surface area contributed by atoms with E-state index < -0.39 is 56.4 Å². The summed E-state index contributed by atoms with van der Waals surface area (Å²) in [6, 6.07) is 40.6. The minimum atomic E-state index is -3.74. The maximum atomic E-state index is 10.4. The molecule has 3 aromatic heterocycles. The molecule has 0 saturated carbocycles. The van der Waals surface area contributed by atoms with Crippen molar-refractivity contribution in [3.63, 3.8) is 0 Å². The molecule has 3 heterocycles. The Hall–Kier alpha value is -7.41. The molecule has 268 valence electrons. The van der Waals surface area contributed by atoms with Crippen molar-refractivity contribution in [2.75, 3.05) is 0 Å². The minimum Gasteiger partial charge on any atom is -0.278 e. The Balaban J connectivity index is 1.34. The maximum Gasteiger partial charge on any atom is 0.240 e. The Morgan fingerprint density at radius 1 is 0.368 bits per heavy atom. The second-order valence-corrected chi connectivity index (χ2v) is 17.3. The van der Waals surface area contributed by atoms with Crippen LogP contribution in [-0.2, 0) is 0 Å². The molecule has 0 aliphatic carbocycles. The van der Waals surface area contributed by atoms with Crippen molar-refractivity contribution in [3.8, 4) is 23.3 Å². The number of benzene rings is 8. The van der Waals surface area contributed by atoms with E-state index in [4.69, 9.17) is 21.8 Å². The number of rotatable bonds is 7. The fraction of sp³-hybridized carbons (Fsp3) is 0. The molecule has 5 nitrogen and oxygen atoms in total. The van der Waals surface area contributed by atoms with E-state index >= 15 is 0 Å². The molecule has 6 heteroatoms. The van der Waals surface area contributed by atoms with Crippen molar-refractivity contribution in [2.24, 2.45) is 0 Å². The predicted octanol–water partition coefficient (Wildman–Crippen LogP) is 9.11. The van der Waals surface area contributed by atoms with Crippen LogP contribution in [0.4, 0.5) is 0 Å². The molecule has 0 amide bonds. The summed E-state index contributed by atoms with van der Waals surface area (Å²) in [6.45, 7) is 0. The molecule has 0 saturated heterocycles. The molecule has 11 rings (SSSR count). The lowest BCUT2D eigenvalue weighted by Crippen LogP contribution is -2.74. The summed E-state index contributed by atoms with van der Waals surface area (Å²) in [7, 11) is -3.74. The van der Waals surface area contributed by atoms with Crippen LogP contribution in [0.15, 0.2) is 212 Å². The lowest BCUT2D eigenvalue weighted by atomic mass is 10.2. The van der Waals surface area contributed by atoms with E-state index in [1.54, 1.807) is 4.57 Å². The summed E-state index contributed by atoms with van der Waals surface area (Å²) in [5.74, 6) is -0.547. The third-order valence-electron chi connectivity index (χ3n) is 10.5. The van der Waals surface area contributed by atoms with Crippen molar-refractivity contribution >= 4 is 72.4 Å². The van der Waals surface area contributed by atoms with Crippen molar-refractivity contribution in [1.29, 1.82) is 0 Å². The van der Waals surface area contributed by atoms with E-state index in [-0.39, 0.29) is 68.4 Å². The average Bonchev–Trinajstić information content (AvgIpc) is 3.89. The lowest BCUT2D eigenvalue weighted by molar-refractivity contribution is 0.893. The van der Waals surface area contributed by atoms with Gasteiger partial charge in [0.05, 0.1) is 37.1 Å². The average molecular weight is 757 g/mol. The van der Waals surface area contributed by atoms with Gasteiger partial charge in [0.1, 0.15) is 0 Å². The fourth-order valence-corrected chi connectivity index (χ4v) is 12.6. The molecular weight excluding hydrogens is 711 g/mol. The van der Waals surface area contributed by atoms with Gasteiger partial charge in [0.2, 0.25) is 11.9 Å². The Bertz CT molecular complexity index is 3730. The summed E-state index contributed by atoms with van der Waals surface area (Å²) in [6.07, 6.45) is 0. The van der Waals surface area contributed by atoms with Gasteiger partial charge in [-0.3, -0.25) is 9.13 Å². The SMILES string of the molecule is [2H]c1cc2c3c([2H])c([2H])c([2H])c([2H])c3n(-c3nc(-c4c([2H])c([2H])c([2H])c([Si](c5ccccc5)(c5ccccc5)c5ccccc5)c4[2H])nc(-n4c5ccccc5c5ccccc54)n3)c2c([2H])c1[2H]. The van der Waals surface area contributed by atoms with Gasteiger partial charge in [-0.1, -0.05) is 188 Å². The smallest absolute Gasteiger partial charge is 0.240 e. The topological polar surface area (TPSA) is 48.5 Å². The van der Waals surface area contributed by atoms with E-state index in [1.807, 2.05) is 140 Å². The number of hydrogen-bond donors (Lipinski definition) is 0. The molecular formula is C51H35N5Si. The van der Waals surface area contributed by atoms with Crippen LogP contribution < -0.4 is 20.7 Å². The summed E-state index contributed by atoms with van der Waals surface area (Å²) in [4.78, 5) is 15.1. The van der Waals surface area contributed by atoms with E-state index in [0.29, 0.717) is 11.0 Å². The molecule has 0 spiro atoms. The number of aromatic nitrogens is 5. The lowest BCUT2D eigenvalue weighted by Gasteiger charge is -2.34. The van der Waals surface area contributed by atoms with Crippen molar-refractivity contribution in [3.05, 3.63) is 212 Å². The van der Waals surface area contributed by atoms with Crippen molar-refractivity contribution in [1.82, 2.24) is 24.1 Å². The first-order valence-corrected chi connectivity index (χ1v) is 20.4. The summed E-state index contributed by atoms with van der Waals surface area (Å²) >= 11 is 0. The molecule has 0 atom stereocenters. The molecule has 0 aliphatic heterocycles. The van der Waals surface area contributed by atoms with E-state index in [9.17, 15) is 8.22 Å². The number of hydrogen-bond acceptors (Lipinski definition) is 3. The molecule has 0 unspecified atom stereocenters. The fourth-order valence-electron chi connectivity index (χ4n) is 8.13. The van der Waals surface area contributed by atoms with Crippen molar-refractivity contribution in [2.45, 2.75) is 0 Å². The van der Waals surface area contributed by atoms with Crippen LogP contribution in [0, 0.1) is 0 Å². The molecule has 0 fully saturated rings. The standard InChI is InChI=1S/C51H35N5Si/c1-4-20-37(21-5-1)57(38-22-6-2-7-23-38,39-24-8-3-9-25-39)40-26-18-19-36(35-40)49-52-50(55-45-31-14-10-27-41(45)42-28-11-15-32-46(42)55)54-51(53-49)56-47-33-16-12-29-43(47)44-30-13-17-34-48(44)56/h1-35H/i10D,11D,14D,15D,18D,19D,26D,27D,31D,32D,35D. The van der Waals surface area contributed by atoms with Crippen LogP contribution in [0.2, 0.25) is 0 Å². The third kappa shape index (κ3) is 5.19. The highest BCUT2D eigenvalue weighted by atomic mass is 28.3. The first-order chi connectivity index (χ1) is 32.9. The number of para-hydroxylation sites is 4. The highest BCUT2D eigenvalue weighted by molar-refractivity contribution is 7.19. The zero-order valence-corrected chi connectivity index (χ0v) is 31.1. The Labute approximate surface area is 346 Å². The first-order valence-electron chi connectivity index (χ1n) is 23.9. The molecule has 8 aromatic carbocycles. The normalized spacial score (nSPS) is 14.6. The van der Waals surface area contributed by atoms with Gasteiger partial charge in [0, 0.05) is 27.1 Å². The summed E-state index contributed by atoms with van der Waals surface area (Å²) < 4.78 is 105. The molecule has 0 aliphatic rings. The molecule has 0 bridgehead atoms. The minimum absolute atomic E-state index is 0.0191. The largest absolute Gasteiger partial charge is 0.278 e. The Kier molecular flexibility index (Phi) is 5.53. The van der Waals surface area contributed by atoms with E-state index in [2.05, 4.69) is 0 Å². The quantitative estimate of drug-likeness (QED) is 0.121. The first kappa shape index (κ1) is 23.5. The summed E-state index contributed by atoms with van der Waals surface area (Å²) in [5, 5.41) is 4.49. The van der Waals surface area contributed by atoms with Gasteiger partial charge in [-0.2, -0.15) is 15.0 Å². The molecule has 0 N–H and O–H groups in total. The number of nitrogens with zero attached hydrogens (tertiary/aromatic N) is 5. The second kappa shape index (κ2) is 13.4. The Morgan fingerprint density at radius 2 is 0.842 bits per heavy atom. The zero-order chi connectivity index (χ0) is 47.3. The van der Waals surface area contributed by atoms with Gasteiger partial charge in [-0.15, -0.1) is 0 Å². The van der Waals surface area contributed by atoms with Gasteiger partial charge in [-0.25, -0.2) is 0 Å². The highest BCUT2D eigenvalue weighted by Gasteiger charge is 2.41. The van der Waals surface area contributed by atoms with Gasteiger partial charge >= 0.3 is 0 Å². The molecule has 11 aromatic rings. The summed E-state index contributed by atoms with van der Waals surface area (Å²) in [5.41, 5.74) is 0.980. The van der Waals surface area contributed by atoms with Gasteiger partial charge in [0.15, 0.2) is 13.9 Å². The second-order valence-electron chi connectivity index (χ2n) is 13.6. The van der Waals surface area contributed by atoms with Gasteiger partial charge in [-0.05, 0) is 45.0 Å². The molecule has 0 radical (unpaired) electrons. The Morgan fingerprint density at radius 3 is 1.44 bits per heavy atom. The maximum absolute atomic E-state index is 10.4. The zero-order valence-electron chi connectivity index (χ0n) is 41.1. The van der Waals surface area contributed by atoms with Crippen LogP contribution in [-0.4, -0.2) is 32.2 Å². The van der Waals surface area contributed by atoms with Crippen LogP contribution in [0.5, 0.6) is 0 Å². The highest BCUT2D eigenvalue weighted by Crippen LogP contribution is 2.34. The third-order valence-corrected chi connectivity index (χ3v) is 15.1. The monoisotopic (exact) mass is 756 g/mol. The van der Waals surface area contributed by atoms with E-state index in [0.717, 1.165) is 26.3 Å². The van der Waals surface area contributed by atoms with Crippen LogP contribution >= 0.6 is 0 Å². The van der Waals surface area contributed by atoms with Gasteiger partial charge < -0.3 is 0 Å². The van der Waals surface area contributed by atoms with Crippen LogP contribution in [0.1, 0.15) is 15.1 Å². The van der Waals surface area contributed by atoms with Gasteiger partial charge in [0.25, 0.3) is 0 Å². The van der Waals surface area contributed by atoms with Crippen LogP contribution in [0.25, 0.3) is 66.9 Å².